The molecule has 0 saturated heterocycles. The average molecular weight is 917 g/mol. The van der Waals surface area contributed by atoms with Crippen molar-refractivity contribution in [3.8, 4) is 0 Å². The second kappa shape index (κ2) is 14.2. The van der Waals surface area contributed by atoms with Gasteiger partial charge in [0, 0.05) is 44.3 Å². The molecule has 0 fully saturated rings. The molecule has 8 aromatic heterocycles. The molecule has 13 rings (SSSR count). The van der Waals surface area contributed by atoms with Crippen LogP contribution in [0.5, 0.6) is 0 Å². The summed E-state index contributed by atoms with van der Waals surface area (Å²) in [6.45, 7) is 0. The van der Waals surface area contributed by atoms with Crippen LogP contribution >= 0.6 is 90.7 Å². The summed E-state index contributed by atoms with van der Waals surface area (Å²) >= 11 is 14.9. The standard InChI is InChI=1S/C48H28N4S8/c1-5-13-29(14-6-1)49-41-33-21-25-54-38(33)46(57-41)51(31-17-9-3-10-18-31)43-35-23-27-56-40(35)48(59-43)52(32-19-11-4-12-20-32)44-36-24-28-55-39(36)47(60-44)50(30-15-7-2-8-16-30)42-34-22-26-53-37(34)45(49)58-42/h1-28H. The largest absolute Gasteiger partial charge is 0.291 e. The summed E-state index contributed by atoms with van der Waals surface area (Å²) < 4.78 is 5.15. The van der Waals surface area contributed by atoms with Gasteiger partial charge in [0.25, 0.3) is 0 Å². The van der Waals surface area contributed by atoms with Crippen LogP contribution < -0.4 is 19.6 Å². The third kappa shape index (κ3) is 5.33. The number of thiophene rings is 8. The zero-order chi connectivity index (χ0) is 39.3. The highest BCUT2D eigenvalue weighted by Gasteiger charge is 2.35. The molecule has 12 heteroatoms. The Balaban J connectivity index is 1.21. The highest BCUT2D eigenvalue weighted by atomic mass is 32.1. The van der Waals surface area contributed by atoms with Crippen LogP contribution in [0.25, 0.3) is 40.3 Å². The average Bonchev–Trinajstić information content (AvgIpc) is 4.15. The fourth-order valence-corrected chi connectivity index (χ4v) is 18.0. The van der Waals surface area contributed by atoms with Crippen LogP contribution in [0.15, 0.2) is 167 Å². The van der Waals surface area contributed by atoms with Crippen molar-refractivity contribution in [3.63, 3.8) is 0 Å². The SMILES string of the molecule is c1ccc(N2c3sc(c4sccc34)N(c3ccccc3)c3sc(c4sccc34)N(c3ccccc3)c3sc(c4sccc34)N(c3ccccc3)c3sc2c2sccc32)cc1. The van der Waals surface area contributed by atoms with Crippen molar-refractivity contribution < 1.29 is 0 Å². The van der Waals surface area contributed by atoms with Crippen molar-refractivity contribution in [2.45, 2.75) is 0 Å². The van der Waals surface area contributed by atoms with Crippen molar-refractivity contribution >= 4 is 194 Å². The van der Waals surface area contributed by atoms with E-state index in [1.807, 2.05) is 90.7 Å². The van der Waals surface area contributed by atoms with E-state index in [0.29, 0.717) is 0 Å². The van der Waals surface area contributed by atoms with Gasteiger partial charge in [0.2, 0.25) is 0 Å². The van der Waals surface area contributed by atoms with Crippen molar-refractivity contribution in [2.24, 2.45) is 0 Å². The summed E-state index contributed by atoms with van der Waals surface area (Å²) in [5, 5.41) is 23.9. The molecular weight excluding hydrogens is 889 g/mol. The summed E-state index contributed by atoms with van der Waals surface area (Å²) in [7, 11) is 0. The van der Waals surface area contributed by atoms with Crippen molar-refractivity contribution in [2.75, 3.05) is 19.6 Å². The van der Waals surface area contributed by atoms with Crippen LogP contribution in [0.2, 0.25) is 0 Å². The normalized spacial score (nSPS) is 13.2. The highest BCUT2D eigenvalue weighted by molar-refractivity contribution is 7.33. The molecule has 0 unspecified atom stereocenters. The first-order chi connectivity index (χ1) is 29.8. The molecule has 60 heavy (non-hydrogen) atoms. The summed E-state index contributed by atoms with van der Waals surface area (Å²) in [6, 6.07) is 53.2. The quantitative estimate of drug-likeness (QED) is 0.174. The predicted molar refractivity (Wildman–Crippen MR) is 272 cm³/mol. The first-order valence-electron chi connectivity index (χ1n) is 19.2. The molecule has 1 aliphatic rings. The molecule has 12 aromatic rings. The highest BCUT2D eigenvalue weighted by Crippen LogP contribution is 2.64. The number of hydrogen-bond acceptors (Lipinski definition) is 12. The van der Waals surface area contributed by atoms with Crippen LogP contribution in [0.1, 0.15) is 0 Å². The van der Waals surface area contributed by atoms with E-state index in [9.17, 15) is 0 Å². The van der Waals surface area contributed by atoms with E-state index in [1.165, 1.54) is 80.4 Å². The molecule has 9 heterocycles. The third-order valence-electron chi connectivity index (χ3n) is 10.8. The molecule has 4 nitrogen and oxygen atoms in total. The lowest BCUT2D eigenvalue weighted by atomic mass is 10.2. The van der Waals surface area contributed by atoms with E-state index in [4.69, 9.17) is 0 Å². The van der Waals surface area contributed by atoms with E-state index >= 15 is 0 Å². The zero-order valence-corrected chi connectivity index (χ0v) is 37.8. The molecule has 0 aliphatic carbocycles. The molecular formula is C48H28N4S8. The zero-order valence-electron chi connectivity index (χ0n) is 31.2. The first kappa shape index (κ1) is 35.5. The maximum Gasteiger partial charge on any atom is 0.121 e. The number of nitrogens with zero attached hydrogens (tertiary/aromatic N) is 4. The van der Waals surface area contributed by atoms with Gasteiger partial charge in [0.15, 0.2) is 0 Å². The fourth-order valence-electron chi connectivity index (χ4n) is 8.21. The van der Waals surface area contributed by atoms with Gasteiger partial charge in [-0.05, 0) is 94.3 Å². The summed E-state index contributed by atoms with van der Waals surface area (Å²) in [4.78, 5) is 10.2. The summed E-state index contributed by atoms with van der Waals surface area (Å²) in [6.07, 6.45) is 0. The number of hydrogen-bond donors (Lipinski definition) is 0. The molecule has 0 amide bonds. The molecule has 0 atom stereocenters. The monoisotopic (exact) mass is 916 g/mol. The van der Waals surface area contributed by atoms with E-state index in [2.05, 4.69) is 187 Å². The van der Waals surface area contributed by atoms with Gasteiger partial charge in [0.1, 0.15) is 40.0 Å². The van der Waals surface area contributed by atoms with E-state index in [0.717, 1.165) is 22.7 Å². The Morgan fingerprint density at radius 3 is 0.667 bits per heavy atom. The minimum Gasteiger partial charge on any atom is -0.291 e. The maximum atomic E-state index is 2.55. The van der Waals surface area contributed by atoms with Gasteiger partial charge in [0.05, 0.1) is 18.8 Å². The molecule has 8 bridgehead atoms. The Labute approximate surface area is 377 Å². The second-order valence-electron chi connectivity index (χ2n) is 14.2. The summed E-state index contributed by atoms with van der Waals surface area (Å²) in [5.74, 6) is 0. The molecule has 288 valence electrons. The minimum atomic E-state index is 1.15. The molecule has 0 radical (unpaired) electrons. The fraction of sp³-hybridized carbons (Fsp3) is 0. The molecule has 4 aromatic carbocycles. The molecule has 1 aliphatic heterocycles. The maximum absolute atomic E-state index is 2.55. The molecule has 0 saturated carbocycles. The van der Waals surface area contributed by atoms with Gasteiger partial charge in [-0.2, -0.15) is 0 Å². The number of benzene rings is 4. The Morgan fingerprint density at radius 1 is 0.233 bits per heavy atom. The van der Waals surface area contributed by atoms with Crippen molar-refractivity contribution in [3.05, 3.63) is 167 Å². The summed E-state index contributed by atoms with van der Waals surface area (Å²) in [5.41, 5.74) is 4.60. The lowest BCUT2D eigenvalue weighted by Crippen LogP contribution is -2.09. The van der Waals surface area contributed by atoms with E-state index < -0.39 is 0 Å². The Bertz CT molecular complexity index is 2870. The van der Waals surface area contributed by atoms with Crippen molar-refractivity contribution in [1.29, 1.82) is 0 Å². The van der Waals surface area contributed by atoms with Crippen LogP contribution in [-0.2, 0) is 0 Å². The van der Waals surface area contributed by atoms with Gasteiger partial charge < -0.3 is 0 Å². The van der Waals surface area contributed by atoms with Crippen LogP contribution in [0, 0.1) is 0 Å². The number of anilines is 12. The van der Waals surface area contributed by atoms with Crippen LogP contribution in [0.3, 0.4) is 0 Å². The molecule has 0 N–H and O–H groups in total. The van der Waals surface area contributed by atoms with Gasteiger partial charge >= 0.3 is 0 Å². The topological polar surface area (TPSA) is 13.0 Å². The van der Waals surface area contributed by atoms with E-state index in [1.54, 1.807) is 0 Å². The van der Waals surface area contributed by atoms with Gasteiger partial charge in [-0.3, -0.25) is 19.6 Å². The number of para-hydroxylation sites is 4. The lowest BCUT2D eigenvalue weighted by Gasteiger charge is -2.26. The Kier molecular flexibility index (Phi) is 8.37. The number of rotatable bonds is 4. The third-order valence-corrected chi connectivity index (χ3v) is 19.7. The smallest absolute Gasteiger partial charge is 0.121 e. The second-order valence-corrected chi connectivity index (χ2v) is 21.8. The minimum absolute atomic E-state index is 1.15. The molecule has 0 spiro atoms. The predicted octanol–water partition coefficient (Wildman–Crippen LogP) is 19.0. The van der Waals surface area contributed by atoms with E-state index in [-0.39, 0.29) is 0 Å². The Hall–Kier alpha value is -5.28. The lowest BCUT2D eigenvalue weighted by molar-refractivity contribution is 1.37. The van der Waals surface area contributed by atoms with Gasteiger partial charge in [-0.1, -0.05) is 118 Å². The van der Waals surface area contributed by atoms with Crippen LogP contribution in [-0.4, -0.2) is 0 Å². The first-order valence-corrected chi connectivity index (χ1v) is 26.0. The van der Waals surface area contributed by atoms with Gasteiger partial charge in [-0.25, -0.2) is 0 Å². The van der Waals surface area contributed by atoms with Crippen LogP contribution in [0.4, 0.5) is 62.8 Å². The van der Waals surface area contributed by atoms with Gasteiger partial charge in [-0.15, -0.1) is 45.3 Å². The Morgan fingerprint density at radius 2 is 0.450 bits per heavy atom. The van der Waals surface area contributed by atoms with Crippen molar-refractivity contribution in [1.82, 2.24) is 0 Å².